The number of hydrogen-bond donors (Lipinski definition) is 0. The molecule has 0 aromatic heterocycles. The van der Waals surface area contributed by atoms with Crippen LogP contribution in [0.3, 0.4) is 0 Å². The molecule has 0 saturated heterocycles. The lowest BCUT2D eigenvalue weighted by molar-refractivity contribution is 0.151. The molecule has 108 valence electrons. The van der Waals surface area contributed by atoms with Gasteiger partial charge < -0.3 is 4.74 Å². The Balaban J connectivity index is 3.06. The zero-order chi connectivity index (χ0) is 13.9. The summed E-state index contributed by atoms with van der Waals surface area (Å²) in [5, 5.41) is 0. The predicted octanol–water partition coefficient (Wildman–Crippen LogP) is 5.95. The van der Waals surface area contributed by atoms with Crippen molar-refractivity contribution in [3.8, 4) is 0 Å². The summed E-state index contributed by atoms with van der Waals surface area (Å²) in [5.41, 5.74) is 0.311. The molecular weight excluding hydrogens is 351 g/mol. The first kappa shape index (κ1) is 18.6. The second-order valence-corrected chi connectivity index (χ2v) is 18.7. The summed E-state index contributed by atoms with van der Waals surface area (Å²) in [6.07, 6.45) is 9.62. The van der Waals surface area contributed by atoms with Crippen LogP contribution >= 0.6 is 21.8 Å². The van der Waals surface area contributed by atoms with Crippen LogP contribution in [0.2, 0.25) is 19.1 Å². The third-order valence-corrected chi connectivity index (χ3v) is 6.07. The van der Waals surface area contributed by atoms with Crippen molar-refractivity contribution in [2.45, 2.75) is 71.0 Å². The highest BCUT2D eigenvalue weighted by Crippen LogP contribution is 2.21. The van der Waals surface area contributed by atoms with Crippen LogP contribution in [0.5, 0.6) is 0 Å². The first-order valence-electron chi connectivity index (χ1n) is 7.33. The quantitative estimate of drug-likeness (QED) is 0.133. The van der Waals surface area contributed by atoms with E-state index < -0.39 is 5.57 Å². The number of hydrogen-bond acceptors (Lipinski definition) is 1. The van der Waals surface area contributed by atoms with Crippen molar-refractivity contribution < 1.29 is 4.74 Å². The van der Waals surface area contributed by atoms with Gasteiger partial charge in [-0.1, -0.05) is 63.8 Å². The molecule has 0 aromatic rings. The Morgan fingerprint density at radius 2 is 1.50 bits per heavy atom. The molecule has 0 bridgehead atoms. The summed E-state index contributed by atoms with van der Waals surface area (Å²) in [5.74, 6) is 0. The molecule has 0 radical (unpaired) electrons. The Morgan fingerprint density at radius 3 is 2.00 bits per heavy atom. The molecule has 0 saturated carbocycles. The molecule has 0 aliphatic rings. The Bertz CT molecular complexity index is 211. The Morgan fingerprint density at radius 1 is 1.00 bits per heavy atom. The van der Waals surface area contributed by atoms with Crippen LogP contribution in [0.4, 0.5) is 0 Å². The number of unbranched alkanes of at least 4 members (excludes halogenated alkanes) is 6. The van der Waals surface area contributed by atoms with Gasteiger partial charge in [0.1, 0.15) is 5.57 Å². The summed E-state index contributed by atoms with van der Waals surface area (Å²) in [6.45, 7) is 12.4. The van der Waals surface area contributed by atoms with Crippen molar-refractivity contribution in [3.63, 3.8) is 0 Å². The van der Waals surface area contributed by atoms with Gasteiger partial charge in [0.2, 0.25) is 0 Å². The van der Waals surface area contributed by atoms with E-state index in [1.165, 1.54) is 51.0 Å². The summed E-state index contributed by atoms with van der Waals surface area (Å²) in [7, 11) is 0. The van der Waals surface area contributed by atoms with E-state index in [2.05, 4.69) is 41.5 Å². The molecule has 0 aliphatic heterocycles. The molecule has 1 nitrogen and oxygen atoms in total. The van der Waals surface area contributed by atoms with E-state index in [4.69, 9.17) is 4.74 Å². The molecule has 0 unspecified atom stereocenters. The minimum atomic E-state index is -0.811. The summed E-state index contributed by atoms with van der Waals surface area (Å²) in [6, 6.07) is 1.49. The van der Waals surface area contributed by atoms with Crippen molar-refractivity contribution >= 4 is 27.4 Å². The van der Waals surface area contributed by atoms with Crippen molar-refractivity contribution in [2.75, 3.05) is 13.2 Å². The normalized spacial score (nSPS) is 11.8. The monoisotopic (exact) mass is 382 g/mol. The number of rotatable bonds is 12. The Kier molecular flexibility index (Phi) is 11.9. The second-order valence-electron chi connectivity index (χ2n) is 5.95. The maximum atomic E-state index is 5.48. The molecule has 0 heterocycles. The van der Waals surface area contributed by atoms with Crippen LogP contribution in [0.25, 0.3) is 0 Å². The van der Waals surface area contributed by atoms with Crippen molar-refractivity contribution in [1.29, 1.82) is 0 Å². The van der Waals surface area contributed by atoms with E-state index in [-0.39, 0.29) is 0 Å². The average molecular weight is 382 g/mol. The first-order chi connectivity index (χ1) is 8.42. The Hall–Kier alpha value is 0.647. The zero-order valence-electron chi connectivity index (χ0n) is 12.6. The minimum absolute atomic E-state index is 0.732. The largest absolute Gasteiger partial charge is 0.377 e. The van der Waals surface area contributed by atoms with Crippen molar-refractivity contribution in [3.05, 3.63) is 12.2 Å². The van der Waals surface area contributed by atoms with E-state index in [9.17, 15) is 0 Å². The van der Waals surface area contributed by atoms with Crippen molar-refractivity contribution in [1.82, 2.24) is 0 Å². The molecule has 0 fully saturated rings. The lowest BCUT2D eigenvalue weighted by Crippen LogP contribution is -2.13. The first-order valence-corrected chi connectivity index (χ1v) is 13.6. The van der Waals surface area contributed by atoms with Gasteiger partial charge in [0.15, 0.2) is 0 Å². The SMILES string of the molecule is C=C(C)COCCCCCCCCC[Si](C)(C)I. The lowest BCUT2D eigenvalue weighted by Gasteiger charge is -2.12. The molecule has 0 N–H and O–H groups in total. The molecule has 0 amide bonds. The van der Waals surface area contributed by atoms with E-state index >= 15 is 0 Å². The number of ether oxygens (including phenoxy) is 1. The van der Waals surface area contributed by atoms with E-state index in [1.54, 1.807) is 0 Å². The standard InChI is InChI=1S/C15H31IOSi/c1-15(2)14-17-12-10-8-6-5-7-9-11-13-18(3,4)16/h1,5-14H2,2-4H3. The molecule has 0 aromatic carbocycles. The third kappa shape index (κ3) is 16.6. The van der Waals surface area contributed by atoms with Gasteiger partial charge in [0.05, 0.1) is 6.61 Å². The highest BCUT2D eigenvalue weighted by Gasteiger charge is 2.14. The topological polar surface area (TPSA) is 9.23 Å². The summed E-state index contributed by atoms with van der Waals surface area (Å²) in [4.78, 5) is 0. The fourth-order valence-corrected chi connectivity index (χ4v) is 4.11. The molecule has 18 heavy (non-hydrogen) atoms. The molecule has 3 heteroatoms. The van der Waals surface area contributed by atoms with Crippen LogP contribution in [0.1, 0.15) is 51.9 Å². The summed E-state index contributed by atoms with van der Waals surface area (Å²) >= 11 is 2.69. The zero-order valence-corrected chi connectivity index (χ0v) is 15.7. The third-order valence-electron chi connectivity index (χ3n) is 2.91. The molecular formula is C15H31IOSi. The van der Waals surface area contributed by atoms with Gasteiger partial charge in [-0.05, 0) is 19.4 Å². The molecule has 0 spiro atoms. The van der Waals surface area contributed by atoms with Gasteiger partial charge in [0.25, 0.3) is 0 Å². The average Bonchev–Trinajstić information content (AvgIpc) is 2.24. The highest BCUT2D eigenvalue weighted by molar-refractivity contribution is 14.1. The maximum absolute atomic E-state index is 5.48. The molecule has 0 aliphatic carbocycles. The van der Waals surface area contributed by atoms with E-state index in [0.29, 0.717) is 0 Å². The second kappa shape index (κ2) is 11.5. The lowest BCUT2D eigenvalue weighted by atomic mass is 10.1. The highest BCUT2D eigenvalue weighted by atomic mass is 127. The fourth-order valence-electron chi connectivity index (χ4n) is 1.88. The van der Waals surface area contributed by atoms with Gasteiger partial charge in [0, 0.05) is 6.61 Å². The smallest absolute Gasteiger partial charge is 0.119 e. The van der Waals surface area contributed by atoms with Crippen LogP contribution in [-0.2, 0) is 4.74 Å². The van der Waals surface area contributed by atoms with Gasteiger partial charge in [-0.25, -0.2) is 0 Å². The van der Waals surface area contributed by atoms with Crippen molar-refractivity contribution in [2.24, 2.45) is 0 Å². The predicted molar refractivity (Wildman–Crippen MR) is 94.3 cm³/mol. The summed E-state index contributed by atoms with van der Waals surface area (Å²) < 4.78 is 5.48. The number of halogens is 1. The van der Waals surface area contributed by atoms with E-state index in [1.807, 2.05) is 6.92 Å². The van der Waals surface area contributed by atoms with Crippen LogP contribution in [-0.4, -0.2) is 18.8 Å². The molecule has 0 atom stereocenters. The van der Waals surface area contributed by atoms with Crippen LogP contribution < -0.4 is 0 Å². The van der Waals surface area contributed by atoms with Gasteiger partial charge in [-0.2, -0.15) is 0 Å². The van der Waals surface area contributed by atoms with Gasteiger partial charge >= 0.3 is 0 Å². The van der Waals surface area contributed by atoms with Crippen LogP contribution in [0, 0.1) is 0 Å². The van der Waals surface area contributed by atoms with Gasteiger partial charge in [-0.3, -0.25) is 0 Å². The Labute approximate surface area is 128 Å². The van der Waals surface area contributed by atoms with Crippen LogP contribution in [0.15, 0.2) is 12.2 Å². The van der Waals surface area contributed by atoms with Gasteiger partial charge in [-0.15, -0.1) is 21.8 Å². The molecule has 0 rings (SSSR count). The fraction of sp³-hybridized carbons (Fsp3) is 0.867. The minimum Gasteiger partial charge on any atom is -0.377 e. The van der Waals surface area contributed by atoms with E-state index in [0.717, 1.165) is 18.8 Å². The maximum Gasteiger partial charge on any atom is 0.119 e.